The van der Waals surface area contributed by atoms with E-state index < -0.39 is 0 Å². The van der Waals surface area contributed by atoms with Gasteiger partial charge in [0.25, 0.3) is 0 Å². The summed E-state index contributed by atoms with van der Waals surface area (Å²) in [5, 5.41) is 3.59. The lowest BCUT2D eigenvalue weighted by Crippen LogP contribution is -2.34. The molecule has 0 aliphatic rings. The molecule has 0 aliphatic heterocycles. The van der Waals surface area contributed by atoms with Crippen molar-refractivity contribution in [1.29, 1.82) is 0 Å². The number of rotatable bonds is 7. The monoisotopic (exact) mass is 224 g/mol. The number of aryl methyl sites for hydroxylation is 1. The number of aromatic nitrogens is 1. The minimum absolute atomic E-state index is 0.528. The molecule has 1 atom stereocenters. The van der Waals surface area contributed by atoms with Crippen LogP contribution in [-0.4, -0.2) is 24.3 Å². The molecule has 1 aromatic rings. The smallest absolute Gasteiger partial charge is 0.0477 e. The average molecular weight is 224 g/mol. The van der Waals surface area contributed by atoms with Crippen molar-refractivity contribution >= 4 is 0 Å². The molecule has 0 saturated heterocycles. The zero-order chi connectivity index (χ0) is 12.0. The molecule has 0 aromatic carbocycles. The molecule has 0 radical (unpaired) electrons. The van der Waals surface area contributed by atoms with Crippen molar-refractivity contribution < 1.29 is 4.74 Å². The van der Waals surface area contributed by atoms with E-state index in [1.807, 2.05) is 7.05 Å². The maximum absolute atomic E-state index is 5.13. The second-order valence-corrected chi connectivity index (χ2v) is 4.70. The predicted octanol–water partition coefficient (Wildman–Crippen LogP) is 2.18. The van der Waals surface area contributed by atoms with Crippen LogP contribution in [0.1, 0.15) is 25.8 Å². The van der Waals surface area contributed by atoms with E-state index in [0.29, 0.717) is 12.0 Å². The normalized spacial score (nSPS) is 13.3. The van der Waals surface area contributed by atoms with Crippen LogP contribution in [0.3, 0.4) is 0 Å². The summed E-state index contributed by atoms with van der Waals surface area (Å²) >= 11 is 0. The maximum atomic E-state index is 5.13. The highest BCUT2D eigenvalue weighted by Crippen LogP contribution is 2.08. The van der Waals surface area contributed by atoms with E-state index in [9.17, 15) is 0 Å². The Bertz CT molecular complexity index is 294. The summed E-state index contributed by atoms with van der Waals surface area (Å²) in [6.07, 6.45) is 5.30. The largest absolute Gasteiger partial charge is 0.385 e. The summed E-state index contributed by atoms with van der Waals surface area (Å²) in [7, 11) is 3.81. The first-order valence-corrected chi connectivity index (χ1v) is 5.96. The Morgan fingerprint density at radius 3 is 2.69 bits per heavy atom. The number of hydrogen-bond donors (Lipinski definition) is 1. The second-order valence-electron chi connectivity index (χ2n) is 4.70. The van der Waals surface area contributed by atoms with Gasteiger partial charge >= 0.3 is 0 Å². The molecule has 3 heteroatoms. The zero-order valence-electron chi connectivity index (χ0n) is 10.9. The molecule has 16 heavy (non-hydrogen) atoms. The quantitative estimate of drug-likeness (QED) is 0.768. The summed E-state index contributed by atoms with van der Waals surface area (Å²) in [4.78, 5) is 0. The van der Waals surface area contributed by atoms with E-state index in [2.05, 4.69) is 42.2 Å². The van der Waals surface area contributed by atoms with Crippen LogP contribution in [0.4, 0.5) is 0 Å². The molecule has 1 aromatic heterocycles. The van der Waals surface area contributed by atoms with Crippen LogP contribution >= 0.6 is 0 Å². The van der Waals surface area contributed by atoms with E-state index in [0.717, 1.165) is 19.6 Å². The average Bonchev–Trinajstić information content (AvgIpc) is 2.64. The van der Waals surface area contributed by atoms with E-state index >= 15 is 0 Å². The molecule has 0 amide bonds. The highest BCUT2D eigenvalue weighted by atomic mass is 16.5. The van der Waals surface area contributed by atoms with Crippen LogP contribution in [0, 0.1) is 5.92 Å². The lowest BCUT2D eigenvalue weighted by molar-refractivity contribution is 0.173. The van der Waals surface area contributed by atoms with Crippen molar-refractivity contribution in [3.8, 4) is 0 Å². The third-order valence-electron chi connectivity index (χ3n) is 2.90. The molecular formula is C13H24N2O. The fourth-order valence-electron chi connectivity index (χ4n) is 1.83. The fourth-order valence-corrected chi connectivity index (χ4v) is 1.83. The van der Waals surface area contributed by atoms with Crippen LogP contribution in [0.5, 0.6) is 0 Å². The zero-order valence-corrected chi connectivity index (χ0v) is 10.9. The van der Waals surface area contributed by atoms with Crippen LogP contribution in [-0.2, 0) is 18.3 Å². The molecule has 92 valence electrons. The molecular weight excluding hydrogens is 200 g/mol. The summed E-state index contributed by atoms with van der Waals surface area (Å²) in [6, 6.07) is 2.68. The summed E-state index contributed by atoms with van der Waals surface area (Å²) in [5.41, 5.74) is 1.34. The third kappa shape index (κ3) is 4.37. The summed E-state index contributed by atoms with van der Waals surface area (Å²) in [6.45, 7) is 6.26. The van der Waals surface area contributed by atoms with Gasteiger partial charge in [0, 0.05) is 45.7 Å². The van der Waals surface area contributed by atoms with Gasteiger partial charge in [0.15, 0.2) is 0 Å². The molecule has 1 unspecified atom stereocenters. The van der Waals surface area contributed by atoms with Crippen LogP contribution in [0.2, 0.25) is 0 Å². The Labute approximate surface area is 98.8 Å². The van der Waals surface area contributed by atoms with E-state index in [4.69, 9.17) is 4.74 Å². The highest BCUT2D eigenvalue weighted by Gasteiger charge is 2.12. The molecule has 3 nitrogen and oxygen atoms in total. The van der Waals surface area contributed by atoms with Gasteiger partial charge in [0.2, 0.25) is 0 Å². The van der Waals surface area contributed by atoms with Crippen molar-refractivity contribution in [2.75, 3.05) is 13.7 Å². The molecule has 0 spiro atoms. The van der Waals surface area contributed by atoms with Gasteiger partial charge in [-0.1, -0.05) is 13.8 Å². The van der Waals surface area contributed by atoms with E-state index in [-0.39, 0.29) is 0 Å². The predicted molar refractivity (Wildman–Crippen MR) is 67.4 cm³/mol. The number of ether oxygens (including phenoxy) is 1. The number of nitrogens with zero attached hydrogens (tertiary/aromatic N) is 1. The Hall–Kier alpha value is -0.800. The van der Waals surface area contributed by atoms with Crippen LogP contribution < -0.4 is 5.32 Å². The van der Waals surface area contributed by atoms with Gasteiger partial charge in [-0.2, -0.15) is 0 Å². The fraction of sp³-hybridized carbons (Fsp3) is 0.692. The van der Waals surface area contributed by atoms with Gasteiger partial charge in [-0.25, -0.2) is 0 Å². The standard InChI is InChI=1S/C13H24N2O/c1-11(2)13(6-8-16-4)14-9-12-5-7-15(3)10-12/h5,7,10-11,13-14H,6,8-9H2,1-4H3. The van der Waals surface area contributed by atoms with Crippen LogP contribution in [0.15, 0.2) is 18.5 Å². The first kappa shape index (κ1) is 13.3. The van der Waals surface area contributed by atoms with Gasteiger partial charge in [-0.05, 0) is 24.0 Å². The van der Waals surface area contributed by atoms with Crippen molar-refractivity contribution in [2.24, 2.45) is 13.0 Å². The van der Waals surface area contributed by atoms with Gasteiger partial charge in [-0.3, -0.25) is 0 Å². The van der Waals surface area contributed by atoms with E-state index in [1.54, 1.807) is 7.11 Å². The van der Waals surface area contributed by atoms with Gasteiger partial charge in [0.1, 0.15) is 0 Å². The Morgan fingerprint density at radius 1 is 1.44 bits per heavy atom. The van der Waals surface area contributed by atoms with Gasteiger partial charge < -0.3 is 14.6 Å². The van der Waals surface area contributed by atoms with Gasteiger partial charge in [-0.15, -0.1) is 0 Å². The van der Waals surface area contributed by atoms with Crippen molar-refractivity contribution in [3.05, 3.63) is 24.0 Å². The molecule has 0 fully saturated rings. The summed E-state index contributed by atoms with van der Waals surface area (Å²) < 4.78 is 7.21. The Kier molecular flexibility index (Phi) is 5.56. The summed E-state index contributed by atoms with van der Waals surface area (Å²) in [5.74, 6) is 0.638. The van der Waals surface area contributed by atoms with Crippen LogP contribution in [0.25, 0.3) is 0 Å². The van der Waals surface area contributed by atoms with Crippen molar-refractivity contribution in [1.82, 2.24) is 9.88 Å². The van der Waals surface area contributed by atoms with Crippen molar-refractivity contribution in [3.63, 3.8) is 0 Å². The van der Waals surface area contributed by atoms with Gasteiger partial charge in [0.05, 0.1) is 0 Å². The number of nitrogens with one attached hydrogen (secondary N) is 1. The number of methoxy groups -OCH3 is 1. The first-order chi connectivity index (χ1) is 7.63. The highest BCUT2D eigenvalue weighted by molar-refractivity contribution is 5.09. The molecule has 0 aliphatic carbocycles. The maximum Gasteiger partial charge on any atom is 0.0477 e. The molecule has 0 saturated carbocycles. The molecule has 1 N–H and O–H groups in total. The topological polar surface area (TPSA) is 26.2 Å². The van der Waals surface area contributed by atoms with Crippen molar-refractivity contribution in [2.45, 2.75) is 32.9 Å². The molecule has 1 rings (SSSR count). The second kappa shape index (κ2) is 6.71. The Morgan fingerprint density at radius 2 is 2.19 bits per heavy atom. The lowest BCUT2D eigenvalue weighted by Gasteiger charge is -2.21. The lowest BCUT2D eigenvalue weighted by atomic mass is 10.0. The Balaban J connectivity index is 2.37. The third-order valence-corrected chi connectivity index (χ3v) is 2.90. The molecule has 1 heterocycles. The minimum atomic E-state index is 0.528. The SMILES string of the molecule is COCCC(NCc1ccn(C)c1)C(C)C. The molecule has 0 bridgehead atoms. The van der Waals surface area contributed by atoms with E-state index in [1.165, 1.54) is 5.56 Å². The minimum Gasteiger partial charge on any atom is -0.385 e. The first-order valence-electron chi connectivity index (χ1n) is 5.96. The number of hydrogen-bond acceptors (Lipinski definition) is 2.